The van der Waals surface area contributed by atoms with Crippen molar-refractivity contribution < 1.29 is 20.0 Å². The molecule has 3 aromatic carbocycles. The van der Waals surface area contributed by atoms with E-state index in [1.165, 1.54) is 0 Å². The molecule has 0 aliphatic rings. The van der Waals surface area contributed by atoms with E-state index in [4.69, 9.17) is 6.85 Å². The van der Waals surface area contributed by atoms with E-state index >= 15 is 0 Å². The third-order valence-corrected chi connectivity index (χ3v) is 4.00. The van der Waals surface area contributed by atoms with Crippen LogP contribution >= 0.6 is 0 Å². The van der Waals surface area contributed by atoms with Crippen LogP contribution in [0.1, 0.15) is 35.1 Å². The Morgan fingerprint density at radius 3 is 2.21 bits per heavy atom. The van der Waals surface area contributed by atoms with E-state index in [1.807, 2.05) is 6.07 Å². The number of halogens is 3. The lowest BCUT2D eigenvalue weighted by Crippen LogP contribution is -2.08. The Labute approximate surface area is 168 Å². The van der Waals surface area contributed by atoms with E-state index in [2.05, 4.69) is 4.99 Å². The molecule has 3 aromatic rings. The van der Waals surface area contributed by atoms with Gasteiger partial charge in [0.1, 0.15) is 11.8 Å². The summed E-state index contributed by atoms with van der Waals surface area (Å²) in [6.07, 6.45) is -4.42. The van der Waals surface area contributed by atoms with Crippen molar-refractivity contribution in [2.24, 2.45) is 4.99 Å². The maximum Gasteiger partial charge on any atom is 0.416 e. The zero-order chi connectivity index (χ0) is 24.3. The second-order valence-corrected chi connectivity index (χ2v) is 5.91. The predicted molar refractivity (Wildman–Crippen MR) is 103 cm³/mol. The average molecular weight is 383 g/mol. The first-order chi connectivity index (χ1) is 15.5. The van der Waals surface area contributed by atoms with Gasteiger partial charge in [0.2, 0.25) is 0 Å². The SMILES string of the molecule is [2H]c1c([2H])c([2H])c([C@@H](Cc2ccccc2)N=C(C#N)c2ccc(C(F)(F)F)cc2)c([2H])c1[2H]. The molecular formula is C23H17F3N2. The lowest BCUT2D eigenvalue weighted by Gasteiger charge is -2.14. The number of nitriles is 1. The van der Waals surface area contributed by atoms with E-state index < -0.39 is 48.0 Å². The molecule has 2 nitrogen and oxygen atoms in total. The number of hydrogen-bond donors (Lipinski definition) is 0. The summed E-state index contributed by atoms with van der Waals surface area (Å²) in [4.78, 5) is 4.36. The van der Waals surface area contributed by atoms with E-state index in [1.54, 1.807) is 30.3 Å². The second kappa shape index (κ2) is 8.53. The molecule has 0 saturated heterocycles. The summed E-state index contributed by atoms with van der Waals surface area (Å²) < 4.78 is 78.9. The van der Waals surface area contributed by atoms with Crippen LogP contribution in [-0.4, -0.2) is 5.71 Å². The lowest BCUT2D eigenvalue weighted by atomic mass is 9.98. The normalized spacial score (nSPS) is 15.5. The summed E-state index contributed by atoms with van der Waals surface area (Å²) in [6, 6.07) is 11.0. The van der Waals surface area contributed by atoms with Gasteiger partial charge < -0.3 is 0 Å². The molecule has 140 valence electrons. The minimum absolute atomic E-state index is 0.0930. The monoisotopic (exact) mass is 383 g/mol. The highest BCUT2D eigenvalue weighted by Crippen LogP contribution is 2.29. The smallest absolute Gasteiger partial charge is 0.265 e. The van der Waals surface area contributed by atoms with Gasteiger partial charge in [0, 0.05) is 5.56 Å². The summed E-state index contributed by atoms with van der Waals surface area (Å²) in [7, 11) is 0. The zero-order valence-electron chi connectivity index (χ0n) is 19.5. The Kier molecular flexibility index (Phi) is 4.18. The summed E-state index contributed by atoms with van der Waals surface area (Å²) >= 11 is 0. The van der Waals surface area contributed by atoms with Crippen LogP contribution < -0.4 is 0 Å². The van der Waals surface area contributed by atoms with Gasteiger partial charge in [-0.05, 0) is 29.7 Å². The molecule has 0 bridgehead atoms. The van der Waals surface area contributed by atoms with Crippen molar-refractivity contribution in [2.45, 2.75) is 18.6 Å². The molecule has 0 amide bonds. The molecule has 0 N–H and O–H groups in total. The Morgan fingerprint density at radius 2 is 1.64 bits per heavy atom. The van der Waals surface area contributed by atoms with Crippen LogP contribution in [0.3, 0.4) is 0 Å². The van der Waals surface area contributed by atoms with Gasteiger partial charge in [0.25, 0.3) is 0 Å². The molecule has 0 spiro atoms. The van der Waals surface area contributed by atoms with Gasteiger partial charge in [0.05, 0.1) is 18.5 Å². The maximum absolute atomic E-state index is 12.9. The van der Waals surface area contributed by atoms with Crippen LogP contribution in [0.15, 0.2) is 89.8 Å². The van der Waals surface area contributed by atoms with Crippen molar-refractivity contribution in [3.05, 3.63) is 107 Å². The van der Waals surface area contributed by atoms with Gasteiger partial charge in [-0.25, -0.2) is 0 Å². The standard InChI is InChI=1S/C23H17F3N2/c24-23(25,26)20-13-11-19(12-14-20)22(16-27)28-21(18-9-5-2-6-10-18)15-17-7-3-1-4-8-17/h1-14,21H,15H2/t21-/m1/s1/i2D,5D,6D,9D,10D. The number of rotatable bonds is 5. The van der Waals surface area contributed by atoms with Gasteiger partial charge in [-0.15, -0.1) is 0 Å². The van der Waals surface area contributed by atoms with Crippen molar-refractivity contribution in [2.75, 3.05) is 0 Å². The molecule has 0 fully saturated rings. The van der Waals surface area contributed by atoms with Gasteiger partial charge in [-0.3, -0.25) is 4.99 Å². The first-order valence-electron chi connectivity index (χ1n) is 10.8. The number of alkyl halides is 3. The number of hydrogen-bond acceptors (Lipinski definition) is 2. The number of aliphatic imine (C=N–C) groups is 1. The van der Waals surface area contributed by atoms with Crippen LogP contribution in [0.2, 0.25) is 0 Å². The summed E-state index contributed by atoms with van der Waals surface area (Å²) in [6.45, 7) is 0. The topological polar surface area (TPSA) is 36.1 Å². The van der Waals surface area contributed by atoms with Crippen LogP contribution in [0, 0.1) is 11.3 Å². The average Bonchev–Trinajstić information content (AvgIpc) is 2.80. The quantitative estimate of drug-likeness (QED) is 0.498. The first kappa shape index (κ1) is 13.7. The Bertz CT molecular complexity index is 1210. The van der Waals surface area contributed by atoms with Crippen molar-refractivity contribution in [1.82, 2.24) is 0 Å². The van der Waals surface area contributed by atoms with E-state index in [9.17, 15) is 18.4 Å². The molecule has 0 aromatic heterocycles. The van der Waals surface area contributed by atoms with Gasteiger partial charge in [0.15, 0.2) is 0 Å². The largest absolute Gasteiger partial charge is 0.416 e. The molecule has 1 atom stereocenters. The van der Waals surface area contributed by atoms with Crippen LogP contribution in [0.4, 0.5) is 13.2 Å². The fourth-order valence-electron chi connectivity index (χ4n) is 2.62. The zero-order valence-corrected chi connectivity index (χ0v) is 14.5. The van der Waals surface area contributed by atoms with E-state index in [-0.39, 0.29) is 23.3 Å². The molecule has 0 heterocycles. The molecule has 3 rings (SSSR count). The highest BCUT2D eigenvalue weighted by atomic mass is 19.4. The number of nitrogens with zero attached hydrogens (tertiary/aromatic N) is 2. The molecule has 0 aliphatic carbocycles. The third-order valence-electron chi connectivity index (χ3n) is 4.00. The molecule has 5 heteroatoms. The Balaban J connectivity index is 2.16. The molecule has 0 saturated carbocycles. The second-order valence-electron chi connectivity index (χ2n) is 5.91. The van der Waals surface area contributed by atoms with Crippen LogP contribution in [-0.2, 0) is 12.6 Å². The lowest BCUT2D eigenvalue weighted by molar-refractivity contribution is -0.137. The minimum Gasteiger partial charge on any atom is -0.265 e. The fourth-order valence-corrected chi connectivity index (χ4v) is 2.62. The van der Waals surface area contributed by atoms with Crippen molar-refractivity contribution in [1.29, 1.82) is 5.26 Å². The van der Waals surface area contributed by atoms with Crippen LogP contribution in [0.5, 0.6) is 0 Å². The maximum atomic E-state index is 12.9. The van der Waals surface area contributed by atoms with Crippen LogP contribution in [0.25, 0.3) is 0 Å². The summed E-state index contributed by atoms with van der Waals surface area (Å²) in [5.74, 6) is 0. The van der Waals surface area contributed by atoms with Crippen molar-refractivity contribution in [3.63, 3.8) is 0 Å². The highest BCUT2D eigenvalue weighted by molar-refractivity contribution is 6.11. The van der Waals surface area contributed by atoms with Crippen molar-refractivity contribution >= 4 is 5.71 Å². The summed E-state index contributed by atoms with van der Waals surface area (Å²) in [5, 5.41) is 9.66. The highest BCUT2D eigenvalue weighted by Gasteiger charge is 2.30. The first-order valence-corrected chi connectivity index (χ1v) is 8.30. The molecule has 0 aliphatic heterocycles. The van der Waals surface area contributed by atoms with Gasteiger partial charge in [-0.1, -0.05) is 72.7 Å². The molecule has 0 unspecified atom stereocenters. The Hall–Kier alpha value is -3.39. The minimum atomic E-state index is -4.54. The number of benzene rings is 3. The Morgan fingerprint density at radius 1 is 1.00 bits per heavy atom. The molecular weight excluding hydrogens is 361 g/mol. The van der Waals surface area contributed by atoms with E-state index in [0.717, 1.165) is 29.8 Å². The summed E-state index contributed by atoms with van der Waals surface area (Å²) in [5.41, 5.74) is -0.324. The predicted octanol–water partition coefficient (Wildman–Crippen LogP) is 6.00. The van der Waals surface area contributed by atoms with Gasteiger partial charge in [-0.2, -0.15) is 18.4 Å². The fraction of sp³-hybridized carbons (Fsp3) is 0.130. The van der Waals surface area contributed by atoms with Crippen molar-refractivity contribution in [3.8, 4) is 6.07 Å². The van der Waals surface area contributed by atoms with E-state index in [0.29, 0.717) is 0 Å². The molecule has 0 radical (unpaired) electrons. The molecule has 28 heavy (non-hydrogen) atoms. The third kappa shape index (κ3) is 4.86. The van der Waals surface area contributed by atoms with Gasteiger partial charge >= 0.3 is 6.18 Å².